The number of aromatic amines is 1. The molecule has 3 rings (SSSR count). The lowest BCUT2D eigenvalue weighted by Crippen LogP contribution is -2.15. The number of hydrogen-bond donors (Lipinski definition) is 2. The van der Waals surface area contributed by atoms with Crippen molar-refractivity contribution >= 4 is 33.3 Å². The number of aromatic nitrogens is 3. The molecule has 0 saturated carbocycles. The zero-order valence-corrected chi connectivity index (χ0v) is 18.0. The third-order valence-electron chi connectivity index (χ3n) is 4.21. The first kappa shape index (κ1) is 21.1. The van der Waals surface area contributed by atoms with E-state index >= 15 is 0 Å². The molecule has 0 aliphatic carbocycles. The standard InChI is InChI=1S/C20H22N4O3S2/c1-4-14-8-10-15(11-9-14)19-21-20(23-22-19)28-13(2)18(25)16-6-5-7-17(12-16)24-29(3,26)27/h5-13,24H,4H2,1-3H3,(H,21,22,23). The van der Waals surface area contributed by atoms with Crippen molar-refractivity contribution in [3.63, 3.8) is 0 Å². The number of hydrogen-bond acceptors (Lipinski definition) is 6. The van der Waals surface area contributed by atoms with Crippen molar-refractivity contribution in [1.82, 2.24) is 15.2 Å². The monoisotopic (exact) mass is 430 g/mol. The molecule has 0 fully saturated rings. The van der Waals surface area contributed by atoms with Crippen molar-refractivity contribution in [2.24, 2.45) is 0 Å². The predicted molar refractivity (Wildman–Crippen MR) is 116 cm³/mol. The van der Waals surface area contributed by atoms with Gasteiger partial charge in [-0.25, -0.2) is 8.42 Å². The second kappa shape index (κ2) is 8.79. The van der Waals surface area contributed by atoms with Gasteiger partial charge in [-0.2, -0.15) is 0 Å². The highest BCUT2D eigenvalue weighted by molar-refractivity contribution is 8.00. The molecule has 0 radical (unpaired) electrons. The Morgan fingerprint density at radius 1 is 1.17 bits per heavy atom. The molecular formula is C20H22N4O3S2. The van der Waals surface area contributed by atoms with Crippen molar-refractivity contribution < 1.29 is 13.2 Å². The maximum Gasteiger partial charge on any atom is 0.229 e. The summed E-state index contributed by atoms with van der Waals surface area (Å²) in [6.45, 7) is 3.88. The molecule has 1 atom stereocenters. The van der Waals surface area contributed by atoms with Crippen LogP contribution in [0.5, 0.6) is 0 Å². The van der Waals surface area contributed by atoms with E-state index in [0.717, 1.165) is 18.2 Å². The van der Waals surface area contributed by atoms with E-state index in [1.807, 2.05) is 24.3 Å². The summed E-state index contributed by atoms with van der Waals surface area (Å²) in [5.74, 6) is 0.520. The Bertz CT molecular complexity index is 1110. The number of ketones is 1. The minimum Gasteiger partial charge on any atom is -0.316 e. The number of anilines is 1. The normalized spacial score (nSPS) is 12.5. The molecular weight excluding hydrogens is 408 g/mol. The van der Waals surface area contributed by atoms with Crippen molar-refractivity contribution in [1.29, 1.82) is 0 Å². The number of Topliss-reactive ketones (excluding diaryl/α,β-unsaturated/α-hetero) is 1. The Balaban J connectivity index is 1.70. The lowest BCUT2D eigenvalue weighted by molar-refractivity contribution is 0.0994. The average molecular weight is 431 g/mol. The molecule has 0 bridgehead atoms. The highest BCUT2D eigenvalue weighted by atomic mass is 32.2. The van der Waals surface area contributed by atoms with Gasteiger partial charge in [0.15, 0.2) is 16.8 Å². The number of aryl methyl sites for hydroxylation is 1. The number of nitrogens with zero attached hydrogens (tertiary/aromatic N) is 2. The number of carbonyl (C=O) groups is 1. The topological polar surface area (TPSA) is 105 Å². The lowest BCUT2D eigenvalue weighted by atomic mass is 10.1. The number of sulfonamides is 1. The van der Waals surface area contributed by atoms with E-state index in [-0.39, 0.29) is 5.78 Å². The molecule has 0 aliphatic rings. The van der Waals surface area contributed by atoms with Crippen LogP contribution in [0.1, 0.15) is 29.8 Å². The van der Waals surface area contributed by atoms with E-state index < -0.39 is 15.3 Å². The van der Waals surface area contributed by atoms with Gasteiger partial charge in [0.2, 0.25) is 10.0 Å². The molecule has 1 aromatic heterocycles. The van der Waals surface area contributed by atoms with Crippen LogP contribution in [0.4, 0.5) is 5.69 Å². The quantitative estimate of drug-likeness (QED) is 0.416. The van der Waals surface area contributed by atoms with E-state index in [4.69, 9.17) is 0 Å². The first-order chi connectivity index (χ1) is 13.7. The summed E-state index contributed by atoms with van der Waals surface area (Å²) in [5, 5.41) is 8.42. The number of benzene rings is 2. The van der Waals surface area contributed by atoms with Gasteiger partial charge in [0.05, 0.1) is 11.5 Å². The van der Waals surface area contributed by atoms with Crippen LogP contribution < -0.4 is 4.72 Å². The molecule has 152 valence electrons. The van der Waals surface area contributed by atoms with Gasteiger partial charge in [-0.15, -0.1) is 10.2 Å². The molecule has 2 aromatic carbocycles. The molecule has 2 N–H and O–H groups in total. The summed E-state index contributed by atoms with van der Waals surface area (Å²) < 4.78 is 25.2. The largest absolute Gasteiger partial charge is 0.316 e. The lowest BCUT2D eigenvalue weighted by Gasteiger charge is -2.10. The fourth-order valence-corrected chi connectivity index (χ4v) is 4.11. The minimum absolute atomic E-state index is 0.127. The van der Waals surface area contributed by atoms with Crippen LogP contribution in [0.3, 0.4) is 0 Å². The molecule has 7 nitrogen and oxygen atoms in total. The van der Waals surface area contributed by atoms with Gasteiger partial charge in [-0.05, 0) is 31.0 Å². The fraction of sp³-hybridized carbons (Fsp3) is 0.250. The summed E-state index contributed by atoms with van der Waals surface area (Å²) >= 11 is 1.27. The van der Waals surface area contributed by atoms with Gasteiger partial charge < -0.3 is 4.98 Å². The molecule has 0 spiro atoms. The highest BCUT2D eigenvalue weighted by Crippen LogP contribution is 2.26. The van der Waals surface area contributed by atoms with Crippen molar-refractivity contribution in [3.05, 3.63) is 59.7 Å². The molecule has 29 heavy (non-hydrogen) atoms. The van der Waals surface area contributed by atoms with E-state index in [2.05, 4.69) is 26.8 Å². The van der Waals surface area contributed by atoms with Crippen molar-refractivity contribution in [3.8, 4) is 11.4 Å². The fourth-order valence-electron chi connectivity index (χ4n) is 2.73. The van der Waals surface area contributed by atoms with Gasteiger partial charge in [0.1, 0.15) is 0 Å². The summed E-state index contributed by atoms with van der Waals surface area (Å²) in [7, 11) is -3.41. The zero-order chi connectivity index (χ0) is 21.0. The second-order valence-corrected chi connectivity index (χ2v) is 9.69. The number of thioether (sulfide) groups is 1. The van der Waals surface area contributed by atoms with Crippen LogP contribution in [0.2, 0.25) is 0 Å². The van der Waals surface area contributed by atoms with Gasteiger partial charge >= 0.3 is 0 Å². The maximum absolute atomic E-state index is 12.8. The first-order valence-corrected chi connectivity index (χ1v) is 11.8. The Kier molecular flexibility index (Phi) is 6.39. The second-order valence-electron chi connectivity index (χ2n) is 6.61. The van der Waals surface area contributed by atoms with Crippen LogP contribution >= 0.6 is 11.8 Å². The molecule has 0 aliphatic heterocycles. The highest BCUT2D eigenvalue weighted by Gasteiger charge is 2.19. The van der Waals surface area contributed by atoms with Crippen molar-refractivity contribution in [2.45, 2.75) is 30.7 Å². The minimum atomic E-state index is -3.41. The molecule has 1 unspecified atom stereocenters. The Morgan fingerprint density at radius 3 is 2.55 bits per heavy atom. The van der Waals surface area contributed by atoms with E-state index in [9.17, 15) is 13.2 Å². The molecule has 3 aromatic rings. The Hall–Kier alpha value is -2.65. The maximum atomic E-state index is 12.8. The summed E-state index contributed by atoms with van der Waals surface area (Å²) in [6.07, 6.45) is 2.04. The van der Waals surface area contributed by atoms with Gasteiger partial charge in [-0.1, -0.05) is 55.1 Å². The average Bonchev–Trinajstić information content (AvgIpc) is 3.14. The third kappa shape index (κ3) is 5.68. The third-order valence-corrected chi connectivity index (χ3v) is 5.79. The smallest absolute Gasteiger partial charge is 0.229 e. The van der Waals surface area contributed by atoms with Gasteiger partial charge in [0.25, 0.3) is 0 Å². The SMILES string of the molecule is CCc1ccc(-c2nnc(SC(C)C(=O)c3cccc(NS(C)(=O)=O)c3)[nH]2)cc1. The van der Waals surface area contributed by atoms with E-state index in [0.29, 0.717) is 22.2 Å². The van der Waals surface area contributed by atoms with Crippen LogP contribution in [-0.2, 0) is 16.4 Å². The van der Waals surface area contributed by atoms with E-state index in [1.165, 1.54) is 23.4 Å². The number of nitrogens with one attached hydrogen (secondary N) is 2. The van der Waals surface area contributed by atoms with Crippen LogP contribution in [0.15, 0.2) is 53.7 Å². The predicted octanol–water partition coefficient (Wildman–Crippen LogP) is 3.77. The van der Waals surface area contributed by atoms with Crippen LogP contribution in [-0.4, -0.2) is 40.9 Å². The van der Waals surface area contributed by atoms with Gasteiger partial charge in [-0.3, -0.25) is 9.52 Å². The molecule has 0 amide bonds. The summed E-state index contributed by atoms with van der Waals surface area (Å²) in [6, 6.07) is 14.5. The zero-order valence-electron chi connectivity index (χ0n) is 16.3. The van der Waals surface area contributed by atoms with Gasteiger partial charge in [0, 0.05) is 16.8 Å². The Morgan fingerprint density at radius 2 is 1.90 bits per heavy atom. The summed E-state index contributed by atoms with van der Waals surface area (Å²) in [5.41, 5.74) is 2.95. The Labute approximate surface area is 174 Å². The molecule has 1 heterocycles. The number of rotatable bonds is 8. The van der Waals surface area contributed by atoms with Crippen LogP contribution in [0.25, 0.3) is 11.4 Å². The molecule has 9 heteroatoms. The first-order valence-electron chi connectivity index (χ1n) is 9.06. The number of carbonyl (C=O) groups excluding carboxylic acids is 1. The van der Waals surface area contributed by atoms with Crippen LogP contribution in [0, 0.1) is 0 Å². The molecule has 0 saturated heterocycles. The number of H-pyrrole nitrogens is 1. The van der Waals surface area contributed by atoms with E-state index in [1.54, 1.807) is 25.1 Å². The summed E-state index contributed by atoms with van der Waals surface area (Å²) in [4.78, 5) is 15.9. The van der Waals surface area contributed by atoms with Crippen molar-refractivity contribution in [2.75, 3.05) is 11.0 Å².